The van der Waals surface area contributed by atoms with Crippen LogP contribution in [0, 0.1) is 0 Å². The molecule has 0 amide bonds. The molecule has 13 rings (SSSR count). The molecule has 63 heavy (non-hydrogen) atoms. The van der Waals surface area contributed by atoms with Crippen molar-refractivity contribution in [3.63, 3.8) is 0 Å². The number of benzene rings is 9. The van der Waals surface area contributed by atoms with E-state index in [1.807, 2.05) is 23.5 Å². The number of para-hydroxylation sites is 2. The molecule has 0 radical (unpaired) electrons. The van der Waals surface area contributed by atoms with Gasteiger partial charge in [0, 0.05) is 41.7 Å². The number of hydrogen-bond donors (Lipinski definition) is 0. The molecular weight excluding hydrogens is 800 g/mol. The maximum Gasteiger partial charge on any atom is 0.247 e. The molecule has 0 N–H and O–H groups in total. The van der Waals surface area contributed by atoms with E-state index in [1.54, 1.807) is 0 Å². The van der Waals surface area contributed by atoms with Crippen LogP contribution in [0.3, 0.4) is 0 Å². The zero-order valence-electron chi connectivity index (χ0n) is 34.2. The van der Waals surface area contributed by atoms with Crippen molar-refractivity contribution in [1.29, 1.82) is 0 Å². The molecule has 2 aliphatic rings. The maximum atomic E-state index is 2.51. The topological polar surface area (TPSA) is 9.86 Å². The number of hydrogen-bond acceptors (Lipinski definition) is 2. The standard InChI is InChI=1S/C58H37BN2S2/c1-5-17-38(18-6-1)52-35-42-33-40(29-31-50(42)60(52)44-21-9-3-10-22-44)46-37-47(58-56-57(46)62-54-27-15-13-25-48(54)59(56)49-26-14-16-28-55(49)63-58)41-30-32-51-43(34-41)36-53(39-19-7-2-8-20-39)61(51)45-23-11-4-12-24-45/h1-37H. The molecule has 4 heterocycles. The molecule has 0 saturated heterocycles. The van der Waals surface area contributed by atoms with E-state index in [-0.39, 0.29) is 6.71 Å². The van der Waals surface area contributed by atoms with Gasteiger partial charge in [0.2, 0.25) is 6.71 Å². The van der Waals surface area contributed by atoms with Crippen LogP contribution >= 0.6 is 23.5 Å². The van der Waals surface area contributed by atoms with E-state index >= 15 is 0 Å². The molecule has 0 bridgehead atoms. The molecule has 11 aromatic rings. The van der Waals surface area contributed by atoms with Crippen molar-refractivity contribution in [2.75, 3.05) is 0 Å². The highest BCUT2D eigenvalue weighted by Gasteiger charge is 2.40. The molecule has 0 atom stereocenters. The second-order valence-electron chi connectivity index (χ2n) is 16.4. The molecule has 0 unspecified atom stereocenters. The third kappa shape index (κ3) is 5.91. The smallest absolute Gasteiger partial charge is 0.247 e. The number of rotatable bonds is 6. The minimum Gasteiger partial charge on any atom is -0.309 e. The van der Waals surface area contributed by atoms with Gasteiger partial charge in [-0.15, -0.1) is 0 Å². The Morgan fingerprint density at radius 1 is 0.333 bits per heavy atom. The summed E-state index contributed by atoms with van der Waals surface area (Å²) in [6.07, 6.45) is 0. The first-order chi connectivity index (χ1) is 31.2. The molecule has 2 nitrogen and oxygen atoms in total. The zero-order valence-corrected chi connectivity index (χ0v) is 35.8. The molecule has 0 fully saturated rings. The van der Waals surface area contributed by atoms with Crippen LogP contribution in [0.2, 0.25) is 0 Å². The van der Waals surface area contributed by atoms with Gasteiger partial charge in [-0.1, -0.05) is 180 Å². The van der Waals surface area contributed by atoms with Crippen LogP contribution in [-0.4, -0.2) is 15.8 Å². The highest BCUT2D eigenvalue weighted by Crippen LogP contribution is 2.48. The molecular formula is C58H37BN2S2. The number of fused-ring (bicyclic) bond motifs is 6. The summed E-state index contributed by atoms with van der Waals surface area (Å²) in [7, 11) is 0. The lowest BCUT2D eigenvalue weighted by atomic mass is 9.36. The Kier molecular flexibility index (Phi) is 8.53. The summed E-state index contributed by atoms with van der Waals surface area (Å²) in [5.41, 5.74) is 18.7. The minimum atomic E-state index is 0.128. The Labute approximate surface area is 375 Å². The van der Waals surface area contributed by atoms with Crippen molar-refractivity contribution in [2.45, 2.75) is 19.6 Å². The average molecular weight is 837 g/mol. The van der Waals surface area contributed by atoms with Gasteiger partial charge in [-0.3, -0.25) is 0 Å². The van der Waals surface area contributed by atoms with Gasteiger partial charge in [0.05, 0.1) is 22.4 Å². The minimum absolute atomic E-state index is 0.128. The maximum absolute atomic E-state index is 2.51. The Hall–Kier alpha value is -7.18. The molecule has 5 heteroatoms. The monoisotopic (exact) mass is 836 g/mol. The predicted molar refractivity (Wildman–Crippen MR) is 268 cm³/mol. The zero-order chi connectivity index (χ0) is 41.4. The van der Waals surface area contributed by atoms with E-state index in [2.05, 4.69) is 234 Å². The van der Waals surface area contributed by atoms with Crippen molar-refractivity contribution in [3.8, 4) is 56.1 Å². The summed E-state index contributed by atoms with van der Waals surface area (Å²) in [5, 5.41) is 2.44. The van der Waals surface area contributed by atoms with Gasteiger partial charge in [0.25, 0.3) is 0 Å². The Balaban J connectivity index is 1.07. The third-order valence-electron chi connectivity index (χ3n) is 12.8. The van der Waals surface area contributed by atoms with Crippen molar-refractivity contribution < 1.29 is 0 Å². The summed E-state index contributed by atoms with van der Waals surface area (Å²) in [6, 6.07) is 82.7. The highest BCUT2D eigenvalue weighted by molar-refractivity contribution is 8.01. The number of nitrogens with zero attached hydrogens (tertiary/aromatic N) is 2. The molecule has 0 aliphatic carbocycles. The van der Waals surface area contributed by atoms with Crippen molar-refractivity contribution in [2.24, 2.45) is 0 Å². The lowest BCUT2D eigenvalue weighted by Gasteiger charge is -2.35. The molecule has 2 aromatic heterocycles. The van der Waals surface area contributed by atoms with Gasteiger partial charge in [0.1, 0.15) is 0 Å². The lowest BCUT2D eigenvalue weighted by molar-refractivity contribution is 1.13. The van der Waals surface area contributed by atoms with Crippen LogP contribution in [-0.2, 0) is 0 Å². The van der Waals surface area contributed by atoms with E-state index in [1.165, 1.54) is 103 Å². The predicted octanol–water partition coefficient (Wildman–Crippen LogP) is 13.7. The molecule has 294 valence electrons. The summed E-state index contributed by atoms with van der Waals surface area (Å²) in [4.78, 5) is 5.37. The summed E-state index contributed by atoms with van der Waals surface area (Å²) in [5.74, 6) is 0. The van der Waals surface area contributed by atoms with E-state index in [0.717, 1.165) is 11.4 Å². The molecule has 9 aromatic carbocycles. The first-order valence-corrected chi connectivity index (χ1v) is 23.2. The fourth-order valence-electron chi connectivity index (χ4n) is 10.0. The largest absolute Gasteiger partial charge is 0.309 e. The Bertz CT molecular complexity index is 3330. The van der Waals surface area contributed by atoms with Crippen LogP contribution < -0.4 is 16.4 Å². The van der Waals surface area contributed by atoms with Crippen molar-refractivity contribution in [3.05, 3.63) is 224 Å². The van der Waals surface area contributed by atoms with Gasteiger partial charge >= 0.3 is 0 Å². The Morgan fingerprint density at radius 2 is 0.730 bits per heavy atom. The number of aromatic nitrogens is 2. The molecule has 0 saturated carbocycles. The van der Waals surface area contributed by atoms with Gasteiger partial charge in [0.15, 0.2) is 0 Å². The van der Waals surface area contributed by atoms with Crippen LogP contribution in [0.1, 0.15) is 0 Å². The first kappa shape index (κ1) is 36.5. The van der Waals surface area contributed by atoms with E-state index in [9.17, 15) is 0 Å². The van der Waals surface area contributed by atoms with Crippen LogP contribution in [0.25, 0.3) is 77.9 Å². The summed E-state index contributed by atoms with van der Waals surface area (Å²) < 4.78 is 4.82. The van der Waals surface area contributed by atoms with Crippen LogP contribution in [0.4, 0.5) is 0 Å². The van der Waals surface area contributed by atoms with Crippen LogP contribution in [0.5, 0.6) is 0 Å². The van der Waals surface area contributed by atoms with Gasteiger partial charge < -0.3 is 9.13 Å². The van der Waals surface area contributed by atoms with Gasteiger partial charge in [-0.2, -0.15) is 0 Å². The quantitative estimate of drug-likeness (QED) is 0.154. The SMILES string of the molecule is c1ccc(-c2cc3cc(-c4cc(-c5ccc6c(c5)cc(-c5ccccc5)n6-c5ccccc5)c5c6c4Sc4ccccc4B6c4ccccc4S5)ccc3n2-c2ccccc2)cc1. The second-order valence-corrected chi connectivity index (χ2v) is 18.5. The first-order valence-electron chi connectivity index (χ1n) is 21.5. The molecule has 2 aliphatic heterocycles. The summed E-state index contributed by atoms with van der Waals surface area (Å²) >= 11 is 3.88. The fourth-order valence-corrected chi connectivity index (χ4v) is 12.7. The van der Waals surface area contributed by atoms with E-state index in [4.69, 9.17) is 0 Å². The van der Waals surface area contributed by atoms with Crippen molar-refractivity contribution in [1.82, 2.24) is 9.13 Å². The van der Waals surface area contributed by atoms with E-state index in [0.29, 0.717) is 0 Å². The second kappa shape index (κ2) is 14.7. The highest BCUT2D eigenvalue weighted by atomic mass is 32.2. The van der Waals surface area contributed by atoms with E-state index < -0.39 is 0 Å². The van der Waals surface area contributed by atoms with Gasteiger partial charge in [-0.25, -0.2) is 0 Å². The summed E-state index contributed by atoms with van der Waals surface area (Å²) in [6.45, 7) is 0.128. The fraction of sp³-hybridized carbons (Fsp3) is 0. The average Bonchev–Trinajstić information content (AvgIpc) is 3.94. The third-order valence-corrected chi connectivity index (χ3v) is 15.3. The lowest BCUT2D eigenvalue weighted by Crippen LogP contribution is -2.58. The van der Waals surface area contributed by atoms with Crippen LogP contribution in [0.15, 0.2) is 244 Å². The van der Waals surface area contributed by atoms with Crippen molar-refractivity contribution >= 4 is 68.4 Å². The Morgan fingerprint density at radius 3 is 1.17 bits per heavy atom. The normalized spacial score (nSPS) is 12.6. The molecule has 0 spiro atoms. The van der Waals surface area contributed by atoms with Gasteiger partial charge in [-0.05, 0) is 118 Å².